The van der Waals surface area contributed by atoms with E-state index in [1.807, 2.05) is 0 Å². The second kappa shape index (κ2) is 8.95. The number of nitrogens with one attached hydrogen (secondary N) is 1. The predicted molar refractivity (Wildman–Crippen MR) is 98.9 cm³/mol. The Bertz CT molecular complexity index is 459. The lowest BCUT2D eigenvalue weighted by molar-refractivity contribution is 0.466. The minimum absolute atomic E-state index is 0. The van der Waals surface area contributed by atoms with Gasteiger partial charge in [-0.05, 0) is 49.8 Å². The van der Waals surface area contributed by atoms with E-state index in [2.05, 4.69) is 36.2 Å². The van der Waals surface area contributed by atoms with Crippen molar-refractivity contribution in [3.05, 3.63) is 23.4 Å². The highest BCUT2D eigenvalue weighted by molar-refractivity contribution is 5.85. The molecule has 5 heteroatoms. The number of aromatic nitrogens is 1. The van der Waals surface area contributed by atoms with Crippen molar-refractivity contribution < 1.29 is 0 Å². The third-order valence-electron chi connectivity index (χ3n) is 4.77. The molecule has 1 atom stereocenters. The molecule has 0 spiro atoms. The van der Waals surface area contributed by atoms with Crippen LogP contribution < -0.4 is 10.2 Å². The number of fused-ring (bicyclic) bond motifs is 1. The van der Waals surface area contributed by atoms with E-state index in [9.17, 15) is 0 Å². The van der Waals surface area contributed by atoms with E-state index in [-0.39, 0.29) is 24.8 Å². The summed E-state index contributed by atoms with van der Waals surface area (Å²) in [5.74, 6) is 2.40. The fourth-order valence-corrected chi connectivity index (χ4v) is 3.45. The zero-order valence-corrected chi connectivity index (χ0v) is 15.3. The Balaban J connectivity index is 0.00000121. The van der Waals surface area contributed by atoms with Crippen molar-refractivity contribution in [1.29, 1.82) is 0 Å². The van der Waals surface area contributed by atoms with Crippen LogP contribution in [-0.2, 0) is 6.42 Å². The number of pyridine rings is 1. The van der Waals surface area contributed by atoms with Gasteiger partial charge >= 0.3 is 0 Å². The van der Waals surface area contributed by atoms with Gasteiger partial charge in [0.25, 0.3) is 0 Å². The zero-order chi connectivity index (χ0) is 13.9. The summed E-state index contributed by atoms with van der Waals surface area (Å²) in [6.07, 6.45) is 5.12. The Morgan fingerprint density at radius 1 is 1.14 bits per heavy atom. The molecule has 1 N–H and O–H groups in total. The summed E-state index contributed by atoms with van der Waals surface area (Å²) in [5, 5.41) is 3.57. The van der Waals surface area contributed by atoms with E-state index < -0.39 is 0 Å². The summed E-state index contributed by atoms with van der Waals surface area (Å²) in [6, 6.07) is 4.57. The Morgan fingerprint density at radius 2 is 1.86 bits per heavy atom. The molecular weight excluding hydrogens is 317 g/mol. The van der Waals surface area contributed by atoms with Crippen molar-refractivity contribution >= 4 is 30.6 Å². The minimum atomic E-state index is 0. The van der Waals surface area contributed by atoms with Gasteiger partial charge in [0.15, 0.2) is 0 Å². The quantitative estimate of drug-likeness (QED) is 0.883. The summed E-state index contributed by atoms with van der Waals surface area (Å²) in [6.45, 7) is 9.14. The molecule has 2 aliphatic rings. The minimum Gasteiger partial charge on any atom is -0.357 e. The highest BCUT2D eigenvalue weighted by atomic mass is 35.5. The van der Waals surface area contributed by atoms with Crippen LogP contribution in [0.15, 0.2) is 12.1 Å². The summed E-state index contributed by atoms with van der Waals surface area (Å²) in [5.41, 5.74) is 2.81. The van der Waals surface area contributed by atoms with E-state index in [1.165, 1.54) is 49.4 Å². The first kappa shape index (κ1) is 19.5. The molecule has 1 aromatic heterocycles. The van der Waals surface area contributed by atoms with Crippen molar-refractivity contribution in [2.45, 2.75) is 45.4 Å². The average Bonchev–Trinajstić information content (AvgIpc) is 2.69. The maximum atomic E-state index is 5.09. The topological polar surface area (TPSA) is 28.2 Å². The number of rotatable bonds is 2. The zero-order valence-electron chi connectivity index (χ0n) is 13.7. The van der Waals surface area contributed by atoms with E-state index in [1.54, 1.807) is 0 Å². The normalized spacial score (nSPS) is 21.4. The van der Waals surface area contributed by atoms with Crippen molar-refractivity contribution in [1.82, 2.24) is 10.3 Å². The lowest BCUT2D eigenvalue weighted by Crippen LogP contribution is -2.31. The van der Waals surface area contributed by atoms with Gasteiger partial charge in [-0.1, -0.05) is 19.9 Å². The fourth-order valence-electron chi connectivity index (χ4n) is 3.45. The number of nitrogens with zero attached hydrogens (tertiary/aromatic N) is 2. The van der Waals surface area contributed by atoms with Gasteiger partial charge in [0.05, 0.1) is 5.69 Å². The van der Waals surface area contributed by atoms with E-state index in [0.29, 0.717) is 11.8 Å². The van der Waals surface area contributed by atoms with Crippen LogP contribution in [0.5, 0.6) is 0 Å². The van der Waals surface area contributed by atoms with Crippen LogP contribution in [0.25, 0.3) is 0 Å². The predicted octanol–water partition coefficient (Wildman–Crippen LogP) is 3.80. The van der Waals surface area contributed by atoms with Crippen molar-refractivity contribution in [2.75, 3.05) is 31.1 Å². The monoisotopic (exact) mass is 345 g/mol. The largest absolute Gasteiger partial charge is 0.357 e. The molecular formula is C17H29Cl2N3. The van der Waals surface area contributed by atoms with Crippen LogP contribution >= 0.6 is 24.8 Å². The fraction of sp³-hybridized carbons (Fsp3) is 0.706. The summed E-state index contributed by atoms with van der Waals surface area (Å²) in [4.78, 5) is 7.56. The SMILES string of the molecule is CC(C)C1CNCCc2ccc(N3CCCCC3)nc21.Cl.Cl. The van der Waals surface area contributed by atoms with Crippen molar-refractivity contribution in [3.63, 3.8) is 0 Å². The molecule has 0 bridgehead atoms. The van der Waals surface area contributed by atoms with E-state index in [0.717, 1.165) is 19.5 Å². The molecule has 3 nitrogen and oxygen atoms in total. The smallest absolute Gasteiger partial charge is 0.128 e. The third kappa shape index (κ3) is 4.27. The molecule has 3 rings (SSSR count). The van der Waals surface area contributed by atoms with Gasteiger partial charge in [-0.3, -0.25) is 0 Å². The van der Waals surface area contributed by atoms with Crippen LogP contribution in [0.2, 0.25) is 0 Å². The molecule has 22 heavy (non-hydrogen) atoms. The lowest BCUT2D eigenvalue weighted by Gasteiger charge is -2.29. The maximum Gasteiger partial charge on any atom is 0.128 e. The van der Waals surface area contributed by atoms with E-state index in [4.69, 9.17) is 4.98 Å². The van der Waals surface area contributed by atoms with Crippen LogP contribution in [0.3, 0.4) is 0 Å². The molecule has 1 fully saturated rings. The Labute approximate surface area is 147 Å². The number of anilines is 1. The molecule has 126 valence electrons. The van der Waals surface area contributed by atoms with Gasteiger partial charge < -0.3 is 10.2 Å². The van der Waals surface area contributed by atoms with Gasteiger partial charge in [-0.25, -0.2) is 4.98 Å². The Morgan fingerprint density at radius 3 is 2.55 bits per heavy atom. The molecule has 0 saturated carbocycles. The summed E-state index contributed by atoms with van der Waals surface area (Å²) in [7, 11) is 0. The maximum absolute atomic E-state index is 5.09. The van der Waals surface area contributed by atoms with Crippen LogP contribution in [0, 0.1) is 5.92 Å². The van der Waals surface area contributed by atoms with Gasteiger partial charge in [0.1, 0.15) is 5.82 Å². The molecule has 0 aromatic carbocycles. The molecule has 2 aliphatic heterocycles. The third-order valence-corrected chi connectivity index (χ3v) is 4.77. The second-order valence-corrected chi connectivity index (χ2v) is 6.57. The number of hydrogen-bond donors (Lipinski definition) is 1. The molecule has 1 unspecified atom stereocenters. The highest BCUT2D eigenvalue weighted by Gasteiger charge is 2.24. The Hall–Kier alpha value is -0.510. The summed E-state index contributed by atoms with van der Waals surface area (Å²) < 4.78 is 0. The number of piperidine rings is 1. The first-order chi connectivity index (χ1) is 9.75. The van der Waals surface area contributed by atoms with Gasteiger partial charge in [-0.15, -0.1) is 24.8 Å². The molecule has 3 heterocycles. The van der Waals surface area contributed by atoms with Gasteiger partial charge in [0.2, 0.25) is 0 Å². The number of halogens is 2. The second-order valence-electron chi connectivity index (χ2n) is 6.57. The summed E-state index contributed by atoms with van der Waals surface area (Å²) >= 11 is 0. The lowest BCUT2D eigenvalue weighted by atomic mass is 9.89. The van der Waals surface area contributed by atoms with Crippen LogP contribution in [0.1, 0.15) is 50.3 Å². The van der Waals surface area contributed by atoms with E-state index >= 15 is 0 Å². The first-order valence-electron chi connectivity index (χ1n) is 8.21. The Kier molecular flexibility index (Phi) is 7.95. The molecule has 1 aromatic rings. The van der Waals surface area contributed by atoms with Gasteiger partial charge in [0, 0.05) is 25.6 Å². The molecule has 0 amide bonds. The number of hydrogen-bond acceptors (Lipinski definition) is 3. The first-order valence-corrected chi connectivity index (χ1v) is 8.21. The molecule has 0 aliphatic carbocycles. The van der Waals surface area contributed by atoms with Crippen LogP contribution in [0.4, 0.5) is 5.82 Å². The standard InChI is InChI=1S/C17H27N3.2ClH/c1-13(2)15-12-18-9-8-14-6-7-16(19-17(14)15)20-10-4-3-5-11-20;;/h6-7,13,15,18H,3-5,8-12H2,1-2H3;2*1H. The van der Waals surface area contributed by atoms with Crippen molar-refractivity contribution in [2.24, 2.45) is 5.92 Å². The molecule has 0 radical (unpaired) electrons. The van der Waals surface area contributed by atoms with Crippen molar-refractivity contribution in [3.8, 4) is 0 Å². The highest BCUT2D eigenvalue weighted by Crippen LogP contribution is 2.30. The van der Waals surface area contributed by atoms with Crippen LogP contribution in [-0.4, -0.2) is 31.2 Å². The van der Waals surface area contributed by atoms with Gasteiger partial charge in [-0.2, -0.15) is 0 Å². The average molecular weight is 346 g/mol. The molecule has 1 saturated heterocycles.